The summed E-state index contributed by atoms with van der Waals surface area (Å²) in [6, 6.07) is 10.7. The van der Waals surface area contributed by atoms with Crippen LogP contribution in [0.25, 0.3) is 0 Å². The summed E-state index contributed by atoms with van der Waals surface area (Å²) in [5, 5.41) is 0. The molecule has 0 atom stereocenters. The van der Waals surface area contributed by atoms with Crippen molar-refractivity contribution in [3.63, 3.8) is 0 Å². The summed E-state index contributed by atoms with van der Waals surface area (Å²) < 4.78 is 27.1. The molecule has 1 aromatic heterocycles. The fraction of sp³-hybridized carbons (Fsp3) is 0.474. The molecule has 2 aliphatic rings. The fourth-order valence-corrected chi connectivity index (χ4v) is 5.15. The molecule has 0 bridgehead atoms. The van der Waals surface area contributed by atoms with E-state index in [0.717, 1.165) is 30.5 Å². The molecule has 0 aliphatic carbocycles. The van der Waals surface area contributed by atoms with Crippen LogP contribution in [0.4, 0.5) is 11.6 Å². The predicted octanol–water partition coefficient (Wildman–Crippen LogP) is 1.90. The van der Waals surface area contributed by atoms with Crippen LogP contribution in [0, 0.1) is 6.92 Å². The topological polar surface area (TPSA) is 69.6 Å². The van der Waals surface area contributed by atoms with E-state index in [-0.39, 0.29) is 0 Å². The molecule has 2 saturated heterocycles. The Kier molecular flexibility index (Phi) is 5.01. The van der Waals surface area contributed by atoms with Crippen molar-refractivity contribution in [1.29, 1.82) is 0 Å². The first-order valence-electron chi connectivity index (χ1n) is 9.45. The van der Waals surface area contributed by atoms with E-state index < -0.39 is 10.0 Å². The third-order valence-electron chi connectivity index (χ3n) is 5.18. The van der Waals surface area contributed by atoms with Crippen LogP contribution < -0.4 is 9.80 Å². The van der Waals surface area contributed by atoms with Gasteiger partial charge >= 0.3 is 0 Å². The Labute approximate surface area is 160 Å². The lowest BCUT2D eigenvalue weighted by atomic mass is 10.3. The third kappa shape index (κ3) is 3.77. The van der Waals surface area contributed by atoms with Gasteiger partial charge in [-0.1, -0.05) is 18.2 Å². The number of aryl methyl sites for hydroxylation is 1. The number of piperazine rings is 1. The summed E-state index contributed by atoms with van der Waals surface area (Å²) in [6.07, 6.45) is 2.41. The summed E-state index contributed by atoms with van der Waals surface area (Å²) in [4.78, 5) is 14.0. The van der Waals surface area contributed by atoms with Gasteiger partial charge < -0.3 is 9.80 Å². The molecule has 0 radical (unpaired) electrons. The van der Waals surface area contributed by atoms with Crippen molar-refractivity contribution in [1.82, 2.24) is 14.3 Å². The van der Waals surface area contributed by atoms with Crippen molar-refractivity contribution in [2.75, 3.05) is 49.1 Å². The summed E-state index contributed by atoms with van der Waals surface area (Å²) in [5.74, 6) is 2.63. The van der Waals surface area contributed by atoms with Gasteiger partial charge in [-0.3, -0.25) is 0 Å². The molecule has 8 heteroatoms. The molecule has 2 fully saturated rings. The molecule has 1 aromatic carbocycles. The van der Waals surface area contributed by atoms with Crippen molar-refractivity contribution >= 4 is 21.7 Å². The minimum Gasteiger partial charge on any atom is -0.356 e. The van der Waals surface area contributed by atoms with E-state index in [4.69, 9.17) is 0 Å². The molecule has 2 aromatic rings. The molecule has 0 amide bonds. The standard InChI is InChI=1S/C19H25N5O2S/c1-16-20-18(22-9-5-6-10-22)15-19(21-16)23-11-13-24(14-12-23)27(25,26)17-7-3-2-4-8-17/h2-4,7-8,15H,5-6,9-14H2,1H3. The van der Waals surface area contributed by atoms with Gasteiger partial charge in [0, 0.05) is 45.3 Å². The van der Waals surface area contributed by atoms with Crippen LogP contribution in [0.1, 0.15) is 18.7 Å². The SMILES string of the molecule is Cc1nc(N2CCCC2)cc(N2CCN(S(=O)(=O)c3ccccc3)CC2)n1. The van der Waals surface area contributed by atoms with Gasteiger partial charge in [-0.05, 0) is 31.9 Å². The Balaban J connectivity index is 1.48. The maximum atomic E-state index is 12.8. The minimum absolute atomic E-state index is 0.354. The molecular formula is C19H25N5O2S. The highest BCUT2D eigenvalue weighted by atomic mass is 32.2. The number of hydrogen-bond acceptors (Lipinski definition) is 6. The highest BCUT2D eigenvalue weighted by Crippen LogP contribution is 2.24. The van der Waals surface area contributed by atoms with Crippen molar-refractivity contribution < 1.29 is 8.42 Å². The van der Waals surface area contributed by atoms with Crippen molar-refractivity contribution in [2.24, 2.45) is 0 Å². The van der Waals surface area contributed by atoms with Crippen LogP contribution in [0.15, 0.2) is 41.3 Å². The van der Waals surface area contributed by atoms with Gasteiger partial charge in [-0.2, -0.15) is 4.31 Å². The van der Waals surface area contributed by atoms with Crippen LogP contribution in [0.5, 0.6) is 0 Å². The van der Waals surface area contributed by atoms with E-state index in [1.807, 2.05) is 19.1 Å². The molecule has 0 N–H and O–H groups in total. The molecule has 0 saturated carbocycles. The molecule has 4 rings (SSSR count). The van der Waals surface area contributed by atoms with E-state index in [1.54, 1.807) is 28.6 Å². The van der Waals surface area contributed by atoms with Gasteiger partial charge in [0.25, 0.3) is 0 Å². The molecule has 3 heterocycles. The van der Waals surface area contributed by atoms with Gasteiger partial charge in [-0.25, -0.2) is 18.4 Å². The van der Waals surface area contributed by atoms with E-state index in [9.17, 15) is 8.42 Å². The number of nitrogens with zero attached hydrogens (tertiary/aromatic N) is 5. The van der Waals surface area contributed by atoms with E-state index in [2.05, 4.69) is 19.8 Å². The molecule has 2 aliphatic heterocycles. The van der Waals surface area contributed by atoms with E-state index >= 15 is 0 Å². The van der Waals surface area contributed by atoms with Crippen molar-refractivity contribution in [3.8, 4) is 0 Å². The summed E-state index contributed by atoms with van der Waals surface area (Å²) in [6.45, 7) is 6.17. The van der Waals surface area contributed by atoms with Crippen LogP contribution in [0.3, 0.4) is 0 Å². The average Bonchev–Trinajstić information content (AvgIpc) is 3.23. The normalized spacial score (nSPS) is 18.9. The van der Waals surface area contributed by atoms with Crippen molar-refractivity contribution in [3.05, 3.63) is 42.2 Å². The second kappa shape index (κ2) is 7.44. The van der Waals surface area contributed by atoms with E-state index in [0.29, 0.717) is 31.1 Å². The molecule has 0 unspecified atom stereocenters. The maximum Gasteiger partial charge on any atom is 0.243 e. The summed E-state index contributed by atoms with van der Waals surface area (Å²) >= 11 is 0. The zero-order valence-corrected chi connectivity index (χ0v) is 16.4. The minimum atomic E-state index is -3.43. The number of hydrogen-bond donors (Lipinski definition) is 0. The van der Waals surface area contributed by atoms with Gasteiger partial charge in [-0.15, -0.1) is 0 Å². The van der Waals surface area contributed by atoms with E-state index in [1.165, 1.54) is 12.8 Å². The second-order valence-corrected chi connectivity index (χ2v) is 8.97. The first-order chi connectivity index (χ1) is 13.0. The third-order valence-corrected chi connectivity index (χ3v) is 7.10. The lowest BCUT2D eigenvalue weighted by Gasteiger charge is -2.35. The highest BCUT2D eigenvalue weighted by molar-refractivity contribution is 7.89. The zero-order chi connectivity index (χ0) is 18.9. The molecule has 144 valence electrons. The summed E-state index contributed by atoms with van der Waals surface area (Å²) in [5.41, 5.74) is 0. The van der Waals surface area contributed by atoms with Crippen LogP contribution in [-0.2, 0) is 10.0 Å². The summed E-state index contributed by atoms with van der Waals surface area (Å²) in [7, 11) is -3.43. The quantitative estimate of drug-likeness (QED) is 0.798. The monoisotopic (exact) mass is 387 g/mol. The number of aromatic nitrogens is 2. The fourth-order valence-electron chi connectivity index (χ4n) is 3.71. The van der Waals surface area contributed by atoms with Gasteiger partial charge in [0.2, 0.25) is 10.0 Å². The Hall–Kier alpha value is -2.19. The lowest BCUT2D eigenvalue weighted by Crippen LogP contribution is -2.49. The predicted molar refractivity (Wildman–Crippen MR) is 106 cm³/mol. The van der Waals surface area contributed by atoms with Crippen molar-refractivity contribution in [2.45, 2.75) is 24.7 Å². The lowest BCUT2D eigenvalue weighted by molar-refractivity contribution is 0.383. The van der Waals surface area contributed by atoms with Crippen LogP contribution in [-0.4, -0.2) is 62.0 Å². The van der Waals surface area contributed by atoms with Gasteiger partial charge in [0.1, 0.15) is 17.5 Å². The van der Waals surface area contributed by atoms with Crippen LogP contribution >= 0.6 is 0 Å². The Bertz CT molecular complexity index is 890. The maximum absolute atomic E-state index is 12.8. The largest absolute Gasteiger partial charge is 0.356 e. The molecular weight excluding hydrogens is 362 g/mol. The molecule has 27 heavy (non-hydrogen) atoms. The number of rotatable bonds is 4. The number of sulfonamides is 1. The highest BCUT2D eigenvalue weighted by Gasteiger charge is 2.29. The smallest absolute Gasteiger partial charge is 0.243 e. The number of anilines is 2. The Morgan fingerprint density at radius 3 is 1.96 bits per heavy atom. The molecule has 7 nitrogen and oxygen atoms in total. The first-order valence-corrected chi connectivity index (χ1v) is 10.9. The first kappa shape index (κ1) is 18.2. The zero-order valence-electron chi connectivity index (χ0n) is 15.6. The average molecular weight is 388 g/mol. The Morgan fingerprint density at radius 1 is 0.815 bits per heavy atom. The second-order valence-electron chi connectivity index (χ2n) is 7.03. The van der Waals surface area contributed by atoms with Gasteiger partial charge in [0.15, 0.2) is 0 Å². The number of benzene rings is 1. The van der Waals surface area contributed by atoms with Gasteiger partial charge in [0.05, 0.1) is 4.90 Å². The Morgan fingerprint density at radius 2 is 1.37 bits per heavy atom. The van der Waals surface area contributed by atoms with Crippen LogP contribution in [0.2, 0.25) is 0 Å². The molecule has 0 spiro atoms.